The largest absolute Gasteiger partial charge is 0.484 e. The number of nitrogens with zero attached hydrogens (tertiary/aromatic N) is 1. The molecule has 2 aromatic rings. The van der Waals surface area contributed by atoms with Crippen molar-refractivity contribution >= 4 is 18.0 Å². The predicted octanol–water partition coefficient (Wildman–Crippen LogP) is 3.42. The smallest absolute Gasteiger partial charge is 0.271 e. The minimum absolute atomic E-state index is 0.0162. The maximum absolute atomic E-state index is 12.9. The van der Waals surface area contributed by atoms with Crippen LogP contribution in [0.4, 0.5) is 4.39 Å². The zero-order valence-corrected chi connectivity index (χ0v) is 16.1. The maximum atomic E-state index is 12.9. The first kappa shape index (κ1) is 20.5. The highest BCUT2D eigenvalue weighted by atomic mass is 19.1. The number of hydrazone groups is 1. The van der Waals surface area contributed by atoms with Crippen molar-refractivity contribution in [1.29, 1.82) is 0 Å². The van der Waals surface area contributed by atoms with Gasteiger partial charge in [-0.3, -0.25) is 9.59 Å². The van der Waals surface area contributed by atoms with Gasteiger partial charge >= 0.3 is 0 Å². The molecule has 0 radical (unpaired) electrons. The van der Waals surface area contributed by atoms with Crippen LogP contribution in [0.1, 0.15) is 48.0 Å². The van der Waals surface area contributed by atoms with Gasteiger partial charge in [0.1, 0.15) is 11.6 Å². The lowest BCUT2D eigenvalue weighted by Crippen LogP contribution is -2.38. The van der Waals surface area contributed by atoms with Crippen LogP contribution in [0, 0.1) is 5.82 Å². The van der Waals surface area contributed by atoms with Crippen molar-refractivity contribution in [3.8, 4) is 5.75 Å². The highest BCUT2D eigenvalue weighted by Gasteiger charge is 2.15. The van der Waals surface area contributed by atoms with Gasteiger partial charge in [-0.1, -0.05) is 19.3 Å². The number of hydrogen-bond donors (Lipinski definition) is 2. The quantitative estimate of drug-likeness (QED) is 0.555. The van der Waals surface area contributed by atoms with Crippen molar-refractivity contribution in [2.75, 3.05) is 6.61 Å². The van der Waals surface area contributed by atoms with Crippen molar-refractivity contribution in [3.05, 3.63) is 65.5 Å². The number of carbonyl (C=O) groups excluding carboxylic acids is 2. The van der Waals surface area contributed by atoms with E-state index in [0.29, 0.717) is 11.3 Å². The van der Waals surface area contributed by atoms with Gasteiger partial charge in [0.2, 0.25) is 0 Å². The highest BCUT2D eigenvalue weighted by molar-refractivity contribution is 5.94. The van der Waals surface area contributed by atoms with E-state index in [1.807, 2.05) is 0 Å². The third-order valence-electron chi connectivity index (χ3n) is 4.71. The van der Waals surface area contributed by atoms with Crippen LogP contribution in [-0.4, -0.2) is 30.7 Å². The van der Waals surface area contributed by atoms with Gasteiger partial charge < -0.3 is 10.1 Å². The summed E-state index contributed by atoms with van der Waals surface area (Å²) in [5, 5.41) is 6.90. The first-order valence-corrected chi connectivity index (χ1v) is 9.71. The van der Waals surface area contributed by atoms with Crippen LogP contribution in [0.3, 0.4) is 0 Å². The maximum Gasteiger partial charge on any atom is 0.271 e. The van der Waals surface area contributed by atoms with E-state index in [0.717, 1.165) is 18.4 Å². The summed E-state index contributed by atoms with van der Waals surface area (Å²) in [6.07, 6.45) is 7.14. The molecule has 2 aromatic carbocycles. The van der Waals surface area contributed by atoms with Crippen molar-refractivity contribution < 1.29 is 18.7 Å². The van der Waals surface area contributed by atoms with Gasteiger partial charge in [0, 0.05) is 11.6 Å². The topological polar surface area (TPSA) is 79.8 Å². The molecule has 0 aliphatic heterocycles. The number of ether oxygens (including phenoxy) is 1. The van der Waals surface area contributed by atoms with Crippen molar-refractivity contribution in [2.24, 2.45) is 5.10 Å². The van der Waals surface area contributed by atoms with Crippen LogP contribution in [0.2, 0.25) is 0 Å². The molecule has 6 nitrogen and oxygen atoms in total. The zero-order chi connectivity index (χ0) is 20.5. The molecule has 0 atom stereocenters. The normalized spacial score (nSPS) is 14.5. The lowest BCUT2D eigenvalue weighted by atomic mass is 9.95. The Morgan fingerprint density at radius 1 is 1.03 bits per heavy atom. The molecule has 0 aromatic heterocycles. The first-order valence-electron chi connectivity index (χ1n) is 9.71. The second-order valence-electron chi connectivity index (χ2n) is 6.97. The van der Waals surface area contributed by atoms with Gasteiger partial charge in [0.25, 0.3) is 11.8 Å². The first-order chi connectivity index (χ1) is 14.1. The number of halogens is 1. The minimum atomic E-state index is -0.426. The SMILES string of the molecule is O=C(COc1ccc(/C=N/NC(=O)c2ccc(F)cc2)cc1)NC1CCCCC1. The summed E-state index contributed by atoms with van der Waals surface area (Å²) in [6.45, 7) is -0.0162. The number of carbonyl (C=O) groups is 2. The number of benzene rings is 2. The van der Waals surface area contributed by atoms with Crippen LogP contribution in [-0.2, 0) is 4.79 Å². The van der Waals surface area contributed by atoms with E-state index in [4.69, 9.17) is 4.74 Å². The average molecular weight is 397 g/mol. The molecule has 29 heavy (non-hydrogen) atoms. The van der Waals surface area contributed by atoms with E-state index in [1.54, 1.807) is 24.3 Å². The summed E-state index contributed by atoms with van der Waals surface area (Å²) in [4.78, 5) is 23.9. The van der Waals surface area contributed by atoms with E-state index < -0.39 is 11.7 Å². The lowest BCUT2D eigenvalue weighted by Gasteiger charge is -2.22. The molecule has 0 spiro atoms. The number of amides is 2. The Morgan fingerprint density at radius 3 is 2.41 bits per heavy atom. The van der Waals surface area contributed by atoms with Gasteiger partial charge in [0.05, 0.1) is 6.21 Å². The van der Waals surface area contributed by atoms with Crippen molar-refractivity contribution in [2.45, 2.75) is 38.1 Å². The molecule has 0 bridgehead atoms. The molecule has 0 saturated heterocycles. The molecule has 0 unspecified atom stereocenters. The Labute approximate surface area is 169 Å². The van der Waals surface area contributed by atoms with Crippen LogP contribution in [0.15, 0.2) is 53.6 Å². The molecule has 1 saturated carbocycles. The van der Waals surface area contributed by atoms with Crippen LogP contribution < -0.4 is 15.5 Å². The molecule has 152 valence electrons. The Bertz CT molecular complexity index is 845. The molecule has 2 amide bonds. The Kier molecular flexibility index (Phi) is 7.33. The predicted molar refractivity (Wildman–Crippen MR) is 108 cm³/mol. The zero-order valence-electron chi connectivity index (χ0n) is 16.1. The number of rotatable bonds is 7. The Morgan fingerprint density at radius 2 is 1.72 bits per heavy atom. The molecule has 3 rings (SSSR count). The van der Waals surface area contributed by atoms with Crippen LogP contribution in [0.25, 0.3) is 0 Å². The van der Waals surface area contributed by atoms with E-state index in [2.05, 4.69) is 15.8 Å². The summed E-state index contributed by atoms with van der Waals surface area (Å²) in [7, 11) is 0. The van der Waals surface area contributed by atoms with E-state index in [-0.39, 0.29) is 18.6 Å². The van der Waals surface area contributed by atoms with Gasteiger partial charge in [0.15, 0.2) is 6.61 Å². The summed E-state index contributed by atoms with van der Waals surface area (Å²) < 4.78 is 18.4. The van der Waals surface area contributed by atoms with E-state index >= 15 is 0 Å². The standard InChI is InChI=1S/C22H24FN3O3/c23-18-10-8-17(9-11-18)22(28)26-24-14-16-6-12-20(13-7-16)29-15-21(27)25-19-4-2-1-3-5-19/h6-14,19H,1-5,15H2,(H,25,27)(H,26,28)/b24-14+. The number of hydrogen-bond acceptors (Lipinski definition) is 4. The Hall–Kier alpha value is -3.22. The van der Waals surface area contributed by atoms with E-state index in [1.165, 1.54) is 49.7 Å². The third kappa shape index (κ3) is 6.71. The summed E-state index contributed by atoms with van der Waals surface area (Å²) in [5.74, 6) is -0.355. The van der Waals surface area contributed by atoms with Gasteiger partial charge in [-0.25, -0.2) is 9.82 Å². The van der Waals surface area contributed by atoms with Gasteiger partial charge in [-0.2, -0.15) is 5.10 Å². The highest BCUT2D eigenvalue weighted by Crippen LogP contribution is 2.17. The monoisotopic (exact) mass is 397 g/mol. The van der Waals surface area contributed by atoms with Crippen LogP contribution in [0.5, 0.6) is 5.75 Å². The fraction of sp³-hybridized carbons (Fsp3) is 0.318. The fourth-order valence-corrected chi connectivity index (χ4v) is 3.15. The molecular formula is C22H24FN3O3. The summed E-state index contributed by atoms with van der Waals surface area (Å²) in [5.41, 5.74) is 3.46. The average Bonchev–Trinajstić information content (AvgIpc) is 2.74. The number of nitrogens with one attached hydrogen (secondary N) is 2. The Balaban J connectivity index is 1.42. The van der Waals surface area contributed by atoms with Crippen LogP contribution >= 0.6 is 0 Å². The molecule has 1 aliphatic rings. The summed E-state index contributed by atoms with van der Waals surface area (Å²) in [6, 6.07) is 12.5. The van der Waals surface area contributed by atoms with E-state index in [9.17, 15) is 14.0 Å². The molecule has 1 aliphatic carbocycles. The van der Waals surface area contributed by atoms with Gasteiger partial charge in [-0.15, -0.1) is 0 Å². The molecule has 0 heterocycles. The lowest BCUT2D eigenvalue weighted by molar-refractivity contribution is -0.124. The van der Waals surface area contributed by atoms with Gasteiger partial charge in [-0.05, 0) is 66.9 Å². The molecule has 7 heteroatoms. The second-order valence-corrected chi connectivity index (χ2v) is 6.97. The van der Waals surface area contributed by atoms with Crippen molar-refractivity contribution in [1.82, 2.24) is 10.7 Å². The molecular weight excluding hydrogens is 373 g/mol. The molecule has 2 N–H and O–H groups in total. The van der Waals surface area contributed by atoms with Crippen molar-refractivity contribution in [3.63, 3.8) is 0 Å². The summed E-state index contributed by atoms with van der Waals surface area (Å²) >= 11 is 0. The third-order valence-corrected chi connectivity index (χ3v) is 4.71. The molecule has 1 fully saturated rings. The minimum Gasteiger partial charge on any atom is -0.484 e. The fourth-order valence-electron chi connectivity index (χ4n) is 3.15. The second kappa shape index (κ2) is 10.4.